The van der Waals surface area contributed by atoms with Gasteiger partial charge in [0.2, 0.25) is 0 Å². The van der Waals surface area contributed by atoms with Crippen molar-refractivity contribution in [3.8, 4) is 5.75 Å². The van der Waals surface area contributed by atoms with Gasteiger partial charge >= 0.3 is 0 Å². The Labute approximate surface area is 94.4 Å². The molecule has 1 fully saturated rings. The van der Waals surface area contributed by atoms with Gasteiger partial charge in [0.25, 0.3) is 0 Å². The van der Waals surface area contributed by atoms with Crippen LogP contribution in [0.2, 0.25) is 0 Å². The first-order valence-electron chi connectivity index (χ1n) is 5.44. The van der Waals surface area contributed by atoms with Crippen molar-refractivity contribution in [2.45, 2.75) is 25.2 Å². The van der Waals surface area contributed by atoms with Crippen LogP contribution in [-0.2, 0) is 15.9 Å². The molecule has 0 saturated carbocycles. The maximum absolute atomic E-state index is 9.31. The molecule has 0 spiro atoms. The third-order valence-corrected chi connectivity index (χ3v) is 2.58. The third-order valence-electron chi connectivity index (χ3n) is 2.58. The molecule has 0 aliphatic carbocycles. The van der Waals surface area contributed by atoms with Gasteiger partial charge in [0, 0.05) is 13.0 Å². The molecule has 0 bridgehead atoms. The van der Waals surface area contributed by atoms with Crippen molar-refractivity contribution in [2.24, 2.45) is 0 Å². The largest absolute Gasteiger partial charge is 0.508 e. The molecule has 88 valence electrons. The normalized spacial score (nSPS) is 24.8. The Balaban J connectivity index is 1.87. The van der Waals surface area contributed by atoms with E-state index in [0.29, 0.717) is 19.4 Å². The van der Waals surface area contributed by atoms with Gasteiger partial charge in [0.1, 0.15) is 5.75 Å². The summed E-state index contributed by atoms with van der Waals surface area (Å²) >= 11 is 0. The Kier molecular flexibility index (Phi) is 3.77. The van der Waals surface area contributed by atoms with Gasteiger partial charge in [-0.2, -0.15) is 0 Å². The second kappa shape index (κ2) is 5.30. The summed E-state index contributed by atoms with van der Waals surface area (Å²) in [5.74, 6) is 0.252. The number of aliphatic hydroxyl groups is 1. The molecule has 0 aromatic heterocycles. The van der Waals surface area contributed by atoms with Crippen molar-refractivity contribution in [3.05, 3.63) is 29.8 Å². The van der Waals surface area contributed by atoms with E-state index in [2.05, 4.69) is 0 Å². The molecule has 1 heterocycles. The predicted molar refractivity (Wildman–Crippen MR) is 58.1 cm³/mol. The number of ether oxygens (including phenoxy) is 2. The Morgan fingerprint density at radius 3 is 3.00 bits per heavy atom. The molecule has 1 aliphatic heterocycles. The molecule has 2 unspecified atom stereocenters. The third kappa shape index (κ3) is 2.95. The molecule has 0 amide bonds. The fourth-order valence-corrected chi connectivity index (χ4v) is 1.79. The van der Waals surface area contributed by atoms with Crippen molar-refractivity contribution < 1.29 is 19.7 Å². The highest BCUT2D eigenvalue weighted by atomic mass is 16.7. The minimum absolute atomic E-state index is 0.00712. The molecule has 2 atom stereocenters. The van der Waals surface area contributed by atoms with E-state index in [-0.39, 0.29) is 24.8 Å². The zero-order valence-electron chi connectivity index (χ0n) is 9.00. The topological polar surface area (TPSA) is 58.9 Å². The summed E-state index contributed by atoms with van der Waals surface area (Å²) in [4.78, 5) is 0. The van der Waals surface area contributed by atoms with Gasteiger partial charge in [-0.1, -0.05) is 12.1 Å². The van der Waals surface area contributed by atoms with Crippen LogP contribution in [0.5, 0.6) is 5.75 Å². The van der Waals surface area contributed by atoms with Gasteiger partial charge in [-0.15, -0.1) is 0 Å². The number of benzene rings is 1. The van der Waals surface area contributed by atoms with E-state index >= 15 is 0 Å². The van der Waals surface area contributed by atoms with E-state index < -0.39 is 0 Å². The van der Waals surface area contributed by atoms with Gasteiger partial charge in [0.15, 0.2) is 6.29 Å². The van der Waals surface area contributed by atoms with Crippen LogP contribution >= 0.6 is 0 Å². The van der Waals surface area contributed by atoms with E-state index in [4.69, 9.17) is 14.6 Å². The molecule has 1 aliphatic rings. The molecular weight excluding hydrogens is 208 g/mol. The van der Waals surface area contributed by atoms with Crippen LogP contribution in [-0.4, -0.2) is 35.8 Å². The number of hydrogen-bond acceptors (Lipinski definition) is 4. The summed E-state index contributed by atoms with van der Waals surface area (Å²) in [5.41, 5.74) is 0.981. The highest BCUT2D eigenvalue weighted by Crippen LogP contribution is 2.20. The maximum atomic E-state index is 9.31. The summed E-state index contributed by atoms with van der Waals surface area (Å²) in [6.45, 7) is 0.650. The van der Waals surface area contributed by atoms with Crippen LogP contribution in [0.1, 0.15) is 12.0 Å². The van der Waals surface area contributed by atoms with Gasteiger partial charge in [0.05, 0.1) is 12.7 Å². The van der Waals surface area contributed by atoms with E-state index in [9.17, 15) is 5.11 Å². The molecule has 2 N–H and O–H groups in total. The highest BCUT2D eigenvalue weighted by molar-refractivity contribution is 5.27. The first-order valence-corrected chi connectivity index (χ1v) is 5.44. The van der Waals surface area contributed by atoms with Crippen molar-refractivity contribution >= 4 is 0 Å². The van der Waals surface area contributed by atoms with Gasteiger partial charge < -0.3 is 19.7 Å². The van der Waals surface area contributed by atoms with Gasteiger partial charge in [-0.25, -0.2) is 0 Å². The van der Waals surface area contributed by atoms with E-state index in [0.717, 1.165) is 5.56 Å². The van der Waals surface area contributed by atoms with Gasteiger partial charge in [-0.3, -0.25) is 0 Å². The van der Waals surface area contributed by atoms with Crippen LogP contribution in [0, 0.1) is 0 Å². The Morgan fingerprint density at radius 2 is 2.25 bits per heavy atom. The highest BCUT2D eigenvalue weighted by Gasteiger charge is 2.25. The zero-order valence-corrected chi connectivity index (χ0v) is 9.00. The number of aliphatic hydroxyl groups excluding tert-OH is 1. The minimum Gasteiger partial charge on any atom is -0.508 e. The SMILES string of the molecule is OCCC1COC(Cc2cccc(O)c2)O1. The van der Waals surface area contributed by atoms with Crippen molar-refractivity contribution in [1.82, 2.24) is 0 Å². The quantitative estimate of drug-likeness (QED) is 0.802. The molecule has 0 radical (unpaired) electrons. The molecule has 1 saturated heterocycles. The molecule has 1 aromatic rings. The van der Waals surface area contributed by atoms with Crippen molar-refractivity contribution in [2.75, 3.05) is 13.2 Å². The molecule has 4 nitrogen and oxygen atoms in total. The van der Waals surface area contributed by atoms with Crippen LogP contribution in [0.25, 0.3) is 0 Å². The fourth-order valence-electron chi connectivity index (χ4n) is 1.79. The summed E-state index contributed by atoms with van der Waals surface area (Å²) in [6.07, 6.45) is 0.956. The predicted octanol–water partition coefficient (Wildman–Crippen LogP) is 1.06. The summed E-state index contributed by atoms with van der Waals surface area (Å²) < 4.78 is 11.0. The van der Waals surface area contributed by atoms with Crippen LogP contribution in [0.4, 0.5) is 0 Å². The average Bonchev–Trinajstić information content (AvgIpc) is 2.66. The minimum atomic E-state index is -0.265. The number of hydrogen-bond donors (Lipinski definition) is 2. The summed E-state index contributed by atoms with van der Waals surface area (Å²) in [6, 6.07) is 7.05. The van der Waals surface area contributed by atoms with Crippen LogP contribution in [0.15, 0.2) is 24.3 Å². The number of rotatable bonds is 4. The van der Waals surface area contributed by atoms with Crippen LogP contribution in [0.3, 0.4) is 0 Å². The second-order valence-electron chi connectivity index (χ2n) is 3.91. The Hall–Kier alpha value is -1.10. The number of aromatic hydroxyl groups is 1. The molecule has 1 aromatic carbocycles. The smallest absolute Gasteiger partial charge is 0.162 e. The summed E-state index contributed by atoms with van der Waals surface area (Å²) in [5, 5.41) is 18.1. The van der Waals surface area contributed by atoms with Crippen LogP contribution < -0.4 is 0 Å². The average molecular weight is 224 g/mol. The number of phenols is 1. The van der Waals surface area contributed by atoms with E-state index in [1.54, 1.807) is 18.2 Å². The monoisotopic (exact) mass is 224 g/mol. The van der Waals surface area contributed by atoms with Crippen molar-refractivity contribution in [3.63, 3.8) is 0 Å². The Bertz CT molecular complexity index is 340. The lowest BCUT2D eigenvalue weighted by Crippen LogP contribution is -2.15. The molecule has 2 rings (SSSR count). The summed E-state index contributed by atoms with van der Waals surface area (Å²) in [7, 11) is 0. The van der Waals surface area contributed by atoms with Crippen molar-refractivity contribution in [1.29, 1.82) is 0 Å². The first-order chi connectivity index (χ1) is 7.78. The molecular formula is C12H16O4. The van der Waals surface area contributed by atoms with Gasteiger partial charge in [-0.05, 0) is 24.1 Å². The maximum Gasteiger partial charge on any atom is 0.162 e. The lowest BCUT2D eigenvalue weighted by molar-refractivity contribution is -0.0583. The second-order valence-corrected chi connectivity index (χ2v) is 3.91. The first kappa shape index (κ1) is 11.4. The molecule has 16 heavy (non-hydrogen) atoms. The fraction of sp³-hybridized carbons (Fsp3) is 0.500. The van der Waals surface area contributed by atoms with E-state index in [1.807, 2.05) is 6.07 Å². The standard InChI is InChI=1S/C12H16O4/c13-5-4-11-8-15-12(16-11)7-9-2-1-3-10(14)6-9/h1-3,6,11-14H,4-5,7-8H2. The zero-order chi connectivity index (χ0) is 11.4. The lowest BCUT2D eigenvalue weighted by Gasteiger charge is -2.10. The Morgan fingerprint density at radius 1 is 1.38 bits per heavy atom. The van der Waals surface area contributed by atoms with E-state index in [1.165, 1.54) is 0 Å². The number of phenolic OH excluding ortho intramolecular Hbond substituents is 1. The molecule has 4 heteroatoms. The lowest BCUT2D eigenvalue weighted by atomic mass is 10.1.